The molecule has 7 heteroatoms. The van der Waals surface area contributed by atoms with E-state index in [1.807, 2.05) is 6.07 Å². The summed E-state index contributed by atoms with van der Waals surface area (Å²) in [5, 5.41) is 2.75. The van der Waals surface area contributed by atoms with Gasteiger partial charge >= 0.3 is 5.97 Å². The van der Waals surface area contributed by atoms with Gasteiger partial charge in [-0.25, -0.2) is 4.79 Å². The van der Waals surface area contributed by atoms with E-state index in [0.29, 0.717) is 22.7 Å². The molecular weight excluding hydrogens is 396 g/mol. The maximum atomic E-state index is 13.5. The van der Waals surface area contributed by atoms with Crippen LogP contribution in [0.25, 0.3) is 0 Å². The van der Waals surface area contributed by atoms with Crippen LogP contribution in [-0.2, 0) is 9.59 Å². The van der Waals surface area contributed by atoms with Crippen molar-refractivity contribution in [2.45, 2.75) is 12.5 Å². The van der Waals surface area contributed by atoms with Crippen LogP contribution in [0.2, 0.25) is 0 Å². The molecule has 0 aromatic heterocycles. The van der Waals surface area contributed by atoms with Crippen LogP contribution in [0.1, 0.15) is 16.8 Å². The Kier molecular flexibility index (Phi) is 5.66. The van der Waals surface area contributed by atoms with Crippen molar-refractivity contribution >= 4 is 29.2 Å². The van der Waals surface area contributed by atoms with Crippen LogP contribution in [0, 0.1) is 0 Å². The summed E-state index contributed by atoms with van der Waals surface area (Å²) in [6.45, 7) is 0. The third-order valence-electron chi connectivity index (χ3n) is 4.89. The summed E-state index contributed by atoms with van der Waals surface area (Å²) in [5.74, 6) is -0.727. The van der Waals surface area contributed by atoms with Crippen LogP contribution < -0.4 is 19.7 Å². The average molecular weight is 416 g/mol. The Morgan fingerprint density at radius 3 is 2.52 bits per heavy atom. The molecule has 3 aromatic rings. The topological polar surface area (TPSA) is 84.9 Å². The predicted molar refractivity (Wildman–Crippen MR) is 115 cm³/mol. The van der Waals surface area contributed by atoms with E-state index in [-0.39, 0.29) is 12.2 Å². The summed E-state index contributed by atoms with van der Waals surface area (Å²) in [6.07, 6.45) is -0.252. The van der Waals surface area contributed by atoms with Gasteiger partial charge in [-0.15, -0.1) is 0 Å². The van der Waals surface area contributed by atoms with Gasteiger partial charge in [0.25, 0.3) is 5.91 Å². The fraction of sp³-hybridized carbons (Fsp3) is 0.125. The lowest BCUT2D eigenvalue weighted by Gasteiger charge is -2.35. The average Bonchev–Trinajstić information content (AvgIpc) is 2.80. The number of methoxy groups -OCH3 is 1. The van der Waals surface area contributed by atoms with Crippen molar-refractivity contribution < 1.29 is 23.9 Å². The van der Waals surface area contributed by atoms with Crippen molar-refractivity contribution in [2.24, 2.45) is 0 Å². The van der Waals surface area contributed by atoms with Crippen molar-refractivity contribution in [1.82, 2.24) is 0 Å². The van der Waals surface area contributed by atoms with E-state index in [4.69, 9.17) is 9.47 Å². The van der Waals surface area contributed by atoms with Crippen molar-refractivity contribution in [1.29, 1.82) is 0 Å². The third-order valence-corrected chi connectivity index (χ3v) is 4.89. The predicted octanol–water partition coefficient (Wildman–Crippen LogP) is 3.66. The van der Waals surface area contributed by atoms with Crippen molar-refractivity contribution in [3.8, 4) is 11.5 Å². The number of ether oxygens (including phenoxy) is 2. The van der Waals surface area contributed by atoms with E-state index in [1.165, 1.54) is 12.0 Å². The number of nitrogens with zero attached hydrogens (tertiary/aromatic N) is 1. The molecule has 4 rings (SSSR count). The first-order valence-electron chi connectivity index (χ1n) is 9.70. The normalized spacial score (nSPS) is 14.9. The molecule has 1 atom stereocenters. The number of carbonyl (C=O) groups is 3. The number of para-hydroxylation sites is 3. The van der Waals surface area contributed by atoms with E-state index in [2.05, 4.69) is 5.32 Å². The van der Waals surface area contributed by atoms with Crippen molar-refractivity contribution in [2.75, 3.05) is 17.3 Å². The summed E-state index contributed by atoms with van der Waals surface area (Å²) in [6, 6.07) is 21.2. The van der Waals surface area contributed by atoms with E-state index in [1.54, 1.807) is 72.8 Å². The van der Waals surface area contributed by atoms with E-state index in [0.717, 1.165) is 0 Å². The minimum Gasteiger partial charge on any atom is -0.497 e. The van der Waals surface area contributed by atoms with Crippen LogP contribution in [0.3, 0.4) is 0 Å². The maximum absolute atomic E-state index is 13.5. The Morgan fingerprint density at radius 1 is 1.00 bits per heavy atom. The number of hydrogen-bond donors (Lipinski definition) is 1. The van der Waals surface area contributed by atoms with Gasteiger partial charge in [0, 0.05) is 11.3 Å². The number of esters is 1. The smallest absolute Gasteiger partial charge is 0.335 e. The quantitative estimate of drug-likeness (QED) is 0.507. The summed E-state index contributed by atoms with van der Waals surface area (Å²) in [5.41, 5.74) is 1.35. The summed E-state index contributed by atoms with van der Waals surface area (Å²) in [7, 11) is 1.51. The molecule has 0 radical (unpaired) electrons. The Morgan fingerprint density at radius 2 is 1.74 bits per heavy atom. The van der Waals surface area contributed by atoms with Crippen LogP contribution in [-0.4, -0.2) is 30.9 Å². The zero-order valence-electron chi connectivity index (χ0n) is 16.8. The van der Waals surface area contributed by atoms with E-state index >= 15 is 0 Å². The van der Waals surface area contributed by atoms with Gasteiger partial charge < -0.3 is 14.8 Å². The molecule has 3 aromatic carbocycles. The van der Waals surface area contributed by atoms with Crippen LogP contribution >= 0.6 is 0 Å². The molecule has 1 N–H and O–H groups in total. The highest BCUT2D eigenvalue weighted by molar-refractivity contribution is 6.13. The highest BCUT2D eigenvalue weighted by Gasteiger charge is 2.40. The second-order valence-electron chi connectivity index (χ2n) is 6.93. The zero-order valence-corrected chi connectivity index (χ0v) is 16.8. The summed E-state index contributed by atoms with van der Waals surface area (Å²) >= 11 is 0. The van der Waals surface area contributed by atoms with Crippen LogP contribution in [0.15, 0.2) is 78.9 Å². The summed E-state index contributed by atoms with van der Waals surface area (Å²) in [4.78, 5) is 40.2. The minimum absolute atomic E-state index is 0.252. The van der Waals surface area contributed by atoms with Gasteiger partial charge in [0.15, 0.2) is 5.75 Å². The van der Waals surface area contributed by atoms with Gasteiger partial charge in [0.1, 0.15) is 11.8 Å². The first kappa shape index (κ1) is 20.2. The molecule has 1 aliphatic rings. The lowest BCUT2D eigenvalue weighted by molar-refractivity contribution is -0.138. The van der Waals surface area contributed by atoms with Gasteiger partial charge in [-0.05, 0) is 42.5 Å². The van der Waals surface area contributed by atoms with Crippen molar-refractivity contribution in [3.05, 3.63) is 84.4 Å². The zero-order chi connectivity index (χ0) is 21.8. The molecule has 0 saturated carbocycles. The number of amides is 2. The van der Waals surface area contributed by atoms with Gasteiger partial charge in [0.2, 0.25) is 5.91 Å². The first-order chi connectivity index (χ1) is 15.1. The molecule has 0 spiro atoms. The molecule has 2 amide bonds. The molecule has 0 saturated heterocycles. The third kappa shape index (κ3) is 4.25. The monoisotopic (exact) mass is 416 g/mol. The number of fused-ring (bicyclic) bond motifs is 1. The summed E-state index contributed by atoms with van der Waals surface area (Å²) < 4.78 is 10.6. The number of anilines is 2. The Labute approximate surface area is 179 Å². The molecule has 1 heterocycles. The van der Waals surface area contributed by atoms with Gasteiger partial charge in [-0.2, -0.15) is 0 Å². The molecule has 0 bridgehead atoms. The number of nitrogens with one attached hydrogen (secondary N) is 1. The standard InChI is InChI=1S/C24H20N2O5/c1-30-18-11-7-8-16(14-18)23(28)26-19-12-5-6-13-21(19)31-24(29)20(26)15-22(27)25-17-9-3-2-4-10-17/h2-14,20H,15H2,1H3,(H,25,27). The largest absolute Gasteiger partial charge is 0.497 e. The fourth-order valence-corrected chi connectivity index (χ4v) is 3.42. The number of rotatable bonds is 5. The molecule has 31 heavy (non-hydrogen) atoms. The molecular formula is C24H20N2O5. The Hall–Kier alpha value is -4.13. The molecule has 156 valence electrons. The Bertz CT molecular complexity index is 1130. The van der Waals surface area contributed by atoms with E-state index < -0.39 is 23.8 Å². The van der Waals surface area contributed by atoms with Gasteiger partial charge in [0.05, 0.1) is 19.2 Å². The van der Waals surface area contributed by atoms with Gasteiger partial charge in [-0.1, -0.05) is 36.4 Å². The van der Waals surface area contributed by atoms with Crippen molar-refractivity contribution in [3.63, 3.8) is 0 Å². The SMILES string of the molecule is COc1cccc(C(=O)N2c3ccccc3OC(=O)C2CC(=O)Nc2ccccc2)c1. The second-order valence-corrected chi connectivity index (χ2v) is 6.93. The lowest BCUT2D eigenvalue weighted by atomic mass is 10.0. The minimum atomic E-state index is -1.11. The van der Waals surface area contributed by atoms with Crippen LogP contribution in [0.5, 0.6) is 11.5 Å². The second kappa shape index (κ2) is 8.71. The molecule has 1 aliphatic heterocycles. The molecule has 0 fully saturated rings. The fourth-order valence-electron chi connectivity index (χ4n) is 3.42. The molecule has 7 nitrogen and oxygen atoms in total. The van der Waals surface area contributed by atoms with Gasteiger partial charge in [-0.3, -0.25) is 14.5 Å². The van der Waals surface area contributed by atoms with Crippen LogP contribution in [0.4, 0.5) is 11.4 Å². The number of hydrogen-bond acceptors (Lipinski definition) is 5. The van der Waals surface area contributed by atoms with E-state index in [9.17, 15) is 14.4 Å². The number of benzene rings is 3. The highest BCUT2D eigenvalue weighted by Crippen LogP contribution is 2.36. The maximum Gasteiger partial charge on any atom is 0.335 e. The molecule has 0 aliphatic carbocycles. The first-order valence-corrected chi connectivity index (χ1v) is 9.70. The lowest BCUT2D eigenvalue weighted by Crippen LogP contribution is -2.51. The number of carbonyl (C=O) groups excluding carboxylic acids is 3. The molecule has 1 unspecified atom stereocenters. The Balaban J connectivity index is 1.67. The highest BCUT2D eigenvalue weighted by atomic mass is 16.5.